The van der Waals surface area contributed by atoms with Crippen molar-refractivity contribution in [3.63, 3.8) is 0 Å². The number of benzene rings is 2. The van der Waals surface area contributed by atoms with Crippen molar-refractivity contribution in [3.8, 4) is 0 Å². The van der Waals surface area contributed by atoms with Crippen molar-refractivity contribution in [2.75, 3.05) is 11.4 Å². The van der Waals surface area contributed by atoms with Crippen LogP contribution in [0.25, 0.3) is 0 Å². The second-order valence-corrected chi connectivity index (χ2v) is 8.27. The zero-order valence-electron chi connectivity index (χ0n) is 20.1. The lowest BCUT2D eigenvalue weighted by atomic mass is 9.99. The molecular weight excluding hydrogens is 458 g/mol. The molecule has 0 aliphatic heterocycles. The molecule has 0 fully saturated rings. The third-order valence-electron chi connectivity index (χ3n) is 5.73. The molecule has 2 N–H and O–H groups in total. The first-order valence-corrected chi connectivity index (χ1v) is 11.5. The summed E-state index contributed by atoms with van der Waals surface area (Å²) in [5, 5.41) is 5.49. The predicted octanol–water partition coefficient (Wildman–Crippen LogP) is 4.31. The Morgan fingerprint density at radius 2 is 1.50 bits per heavy atom. The van der Waals surface area contributed by atoms with Gasteiger partial charge in [-0.05, 0) is 54.8 Å². The SMILES string of the molecule is Cc1cccc(C)c1N(C(=O)CNC(=O)c1ccco1)[C@H](C(=O)NCc1ccco1)c1ccccc1. The number of hydrogen-bond acceptors (Lipinski definition) is 5. The first-order chi connectivity index (χ1) is 17.5. The lowest BCUT2D eigenvalue weighted by molar-refractivity contribution is -0.126. The predicted molar refractivity (Wildman–Crippen MR) is 134 cm³/mol. The van der Waals surface area contributed by atoms with E-state index in [1.807, 2.05) is 50.2 Å². The highest BCUT2D eigenvalue weighted by molar-refractivity contribution is 6.05. The van der Waals surface area contributed by atoms with Crippen LogP contribution in [0.3, 0.4) is 0 Å². The normalized spacial score (nSPS) is 11.5. The summed E-state index contributed by atoms with van der Waals surface area (Å²) in [6, 6.07) is 20.3. The maximum absolute atomic E-state index is 13.8. The van der Waals surface area contributed by atoms with Crippen LogP contribution in [0.1, 0.15) is 39.0 Å². The summed E-state index contributed by atoms with van der Waals surface area (Å²) in [7, 11) is 0. The molecule has 0 saturated heterocycles. The van der Waals surface area contributed by atoms with Gasteiger partial charge in [0.2, 0.25) is 11.8 Å². The Balaban J connectivity index is 1.71. The van der Waals surface area contributed by atoms with E-state index >= 15 is 0 Å². The molecule has 0 saturated carbocycles. The molecule has 0 bridgehead atoms. The summed E-state index contributed by atoms with van der Waals surface area (Å²) in [5.41, 5.74) is 2.88. The van der Waals surface area contributed by atoms with Gasteiger partial charge in [-0.15, -0.1) is 0 Å². The number of furan rings is 2. The van der Waals surface area contributed by atoms with Crippen LogP contribution in [0.2, 0.25) is 0 Å². The molecule has 2 aromatic carbocycles. The average molecular weight is 486 g/mol. The number of amides is 3. The molecule has 0 spiro atoms. The Morgan fingerprint density at radius 1 is 0.806 bits per heavy atom. The Labute approximate surface area is 208 Å². The van der Waals surface area contributed by atoms with E-state index in [0.29, 0.717) is 17.0 Å². The van der Waals surface area contributed by atoms with Gasteiger partial charge in [0.05, 0.1) is 31.3 Å². The van der Waals surface area contributed by atoms with Crippen molar-refractivity contribution in [2.45, 2.75) is 26.4 Å². The van der Waals surface area contributed by atoms with Crippen LogP contribution < -0.4 is 15.5 Å². The number of nitrogens with zero attached hydrogens (tertiary/aromatic N) is 1. The number of carbonyl (C=O) groups is 3. The van der Waals surface area contributed by atoms with Crippen molar-refractivity contribution < 1.29 is 23.2 Å². The van der Waals surface area contributed by atoms with Gasteiger partial charge in [-0.25, -0.2) is 0 Å². The van der Waals surface area contributed by atoms with Crippen molar-refractivity contribution in [3.05, 3.63) is 114 Å². The fourth-order valence-electron chi connectivity index (χ4n) is 4.06. The van der Waals surface area contributed by atoms with Crippen LogP contribution >= 0.6 is 0 Å². The Hall–Kier alpha value is -4.59. The molecule has 0 radical (unpaired) electrons. The minimum Gasteiger partial charge on any atom is -0.467 e. The first kappa shape index (κ1) is 24.5. The first-order valence-electron chi connectivity index (χ1n) is 11.5. The standard InChI is InChI=1S/C28H27N3O5/c1-19-9-6-10-20(2)25(19)31(24(32)18-30-27(33)23-14-8-16-36-23)26(21-11-4-3-5-12-21)28(34)29-17-22-13-7-15-35-22/h3-16,26H,17-18H2,1-2H3,(H,29,34)(H,30,33)/t26-/m0/s1. The fraction of sp³-hybridized carbons (Fsp3) is 0.179. The second-order valence-electron chi connectivity index (χ2n) is 8.27. The lowest BCUT2D eigenvalue weighted by Crippen LogP contribution is -2.48. The number of hydrogen-bond donors (Lipinski definition) is 2. The molecule has 0 unspecified atom stereocenters. The van der Waals surface area contributed by atoms with Gasteiger partial charge in [0.25, 0.3) is 5.91 Å². The molecule has 8 heteroatoms. The number of para-hydroxylation sites is 1. The molecule has 0 aliphatic carbocycles. The second kappa shape index (κ2) is 11.2. The van der Waals surface area contributed by atoms with E-state index < -0.39 is 17.9 Å². The lowest BCUT2D eigenvalue weighted by Gasteiger charge is -2.33. The molecule has 8 nitrogen and oxygen atoms in total. The fourth-order valence-corrected chi connectivity index (χ4v) is 4.06. The summed E-state index contributed by atoms with van der Waals surface area (Å²) in [4.78, 5) is 41.3. The van der Waals surface area contributed by atoms with Crippen LogP contribution in [0, 0.1) is 13.8 Å². The van der Waals surface area contributed by atoms with Gasteiger partial charge < -0.3 is 19.5 Å². The molecule has 1 atom stereocenters. The van der Waals surface area contributed by atoms with E-state index in [4.69, 9.17) is 8.83 Å². The molecule has 36 heavy (non-hydrogen) atoms. The van der Waals surface area contributed by atoms with E-state index in [9.17, 15) is 14.4 Å². The summed E-state index contributed by atoms with van der Waals surface area (Å²) in [6.07, 6.45) is 2.92. The maximum atomic E-state index is 13.8. The summed E-state index contributed by atoms with van der Waals surface area (Å²) in [5.74, 6) is -0.670. The van der Waals surface area contributed by atoms with Gasteiger partial charge >= 0.3 is 0 Å². The molecule has 4 rings (SSSR count). The van der Waals surface area contributed by atoms with E-state index in [-0.39, 0.29) is 24.8 Å². The maximum Gasteiger partial charge on any atom is 0.287 e. The molecule has 184 valence electrons. The summed E-state index contributed by atoms with van der Waals surface area (Å²) < 4.78 is 10.5. The van der Waals surface area contributed by atoms with Crippen molar-refractivity contribution >= 4 is 23.4 Å². The van der Waals surface area contributed by atoms with Crippen molar-refractivity contribution in [2.24, 2.45) is 0 Å². The highest BCUT2D eigenvalue weighted by Gasteiger charge is 2.34. The average Bonchev–Trinajstić information content (AvgIpc) is 3.60. The van der Waals surface area contributed by atoms with Crippen LogP contribution in [0.15, 0.2) is 94.2 Å². The topological polar surface area (TPSA) is 105 Å². The smallest absolute Gasteiger partial charge is 0.287 e. The van der Waals surface area contributed by atoms with Crippen molar-refractivity contribution in [1.29, 1.82) is 0 Å². The minimum absolute atomic E-state index is 0.0947. The molecule has 2 heterocycles. The quantitative estimate of drug-likeness (QED) is 0.368. The molecule has 0 aliphatic rings. The Kier molecular flexibility index (Phi) is 7.65. The van der Waals surface area contributed by atoms with Crippen LogP contribution in [-0.2, 0) is 16.1 Å². The summed E-state index contributed by atoms with van der Waals surface area (Å²) in [6.45, 7) is 3.60. The molecule has 3 amide bonds. The van der Waals surface area contributed by atoms with E-state index in [0.717, 1.165) is 11.1 Å². The molecule has 4 aromatic rings. The Bertz CT molecular complexity index is 1290. The number of nitrogens with one attached hydrogen (secondary N) is 2. The third-order valence-corrected chi connectivity index (χ3v) is 5.73. The van der Waals surface area contributed by atoms with Crippen LogP contribution in [-0.4, -0.2) is 24.3 Å². The zero-order chi connectivity index (χ0) is 25.5. The highest BCUT2D eigenvalue weighted by atomic mass is 16.3. The zero-order valence-corrected chi connectivity index (χ0v) is 20.1. The van der Waals surface area contributed by atoms with E-state index in [1.54, 1.807) is 30.3 Å². The number of anilines is 1. The van der Waals surface area contributed by atoms with Crippen LogP contribution in [0.5, 0.6) is 0 Å². The number of aryl methyl sites for hydroxylation is 2. The molecule has 2 aromatic heterocycles. The van der Waals surface area contributed by atoms with Crippen molar-refractivity contribution in [1.82, 2.24) is 10.6 Å². The van der Waals surface area contributed by atoms with E-state index in [1.165, 1.54) is 23.5 Å². The van der Waals surface area contributed by atoms with E-state index in [2.05, 4.69) is 10.6 Å². The number of carbonyl (C=O) groups excluding carboxylic acids is 3. The van der Waals surface area contributed by atoms with Gasteiger partial charge in [-0.2, -0.15) is 0 Å². The van der Waals surface area contributed by atoms with Gasteiger partial charge in [0, 0.05) is 0 Å². The largest absolute Gasteiger partial charge is 0.467 e. The molecular formula is C28H27N3O5. The van der Waals surface area contributed by atoms with Gasteiger partial charge in [-0.1, -0.05) is 48.5 Å². The minimum atomic E-state index is -0.992. The number of rotatable bonds is 9. The Morgan fingerprint density at radius 3 is 2.14 bits per heavy atom. The third kappa shape index (κ3) is 5.55. The summed E-state index contributed by atoms with van der Waals surface area (Å²) >= 11 is 0. The van der Waals surface area contributed by atoms with Gasteiger partial charge in [-0.3, -0.25) is 19.3 Å². The monoisotopic (exact) mass is 485 g/mol. The van der Waals surface area contributed by atoms with Gasteiger partial charge in [0.1, 0.15) is 11.8 Å². The van der Waals surface area contributed by atoms with Crippen LogP contribution in [0.4, 0.5) is 5.69 Å². The van der Waals surface area contributed by atoms with Gasteiger partial charge in [0.15, 0.2) is 5.76 Å². The highest BCUT2D eigenvalue weighted by Crippen LogP contribution is 2.33.